The first-order chi connectivity index (χ1) is 9.58. The molecule has 0 spiro atoms. The number of aryl methyl sites for hydroxylation is 1. The molecule has 4 heteroatoms. The van der Waals surface area contributed by atoms with E-state index in [1.54, 1.807) is 19.2 Å². The number of carboxylic acids is 1. The predicted molar refractivity (Wildman–Crippen MR) is 80.2 cm³/mol. The fraction of sp³-hybridized carbons (Fsp3) is 0.625. The maximum atomic E-state index is 11.3. The van der Waals surface area contributed by atoms with E-state index in [1.165, 1.54) is 25.7 Å². The van der Waals surface area contributed by atoms with Gasteiger partial charge < -0.3 is 10.4 Å². The van der Waals surface area contributed by atoms with Crippen LogP contribution in [0.25, 0.3) is 0 Å². The number of nitrogens with zero attached hydrogens (tertiary/aromatic N) is 1. The minimum absolute atomic E-state index is 0.296. The van der Waals surface area contributed by atoms with Crippen LogP contribution in [-0.2, 0) is 0 Å². The van der Waals surface area contributed by atoms with E-state index in [2.05, 4.69) is 17.2 Å². The third-order valence-corrected chi connectivity index (χ3v) is 4.35. The van der Waals surface area contributed by atoms with Crippen molar-refractivity contribution < 1.29 is 9.90 Å². The number of aromatic carboxylic acids is 1. The zero-order valence-corrected chi connectivity index (χ0v) is 12.4. The van der Waals surface area contributed by atoms with Crippen LogP contribution in [0.15, 0.2) is 12.3 Å². The monoisotopic (exact) mass is 276 g/mol. The summed E-state index contributed by atoms with van der Waals surface area (Å²) >= 11 is 0. The van der Waals surface area contributed by atoms with Crippen LogP contribution < -0.4 is 5.32 Å². The fourth-order valence-electron chi connectivity index (χ4n) is 2.97. The maximum absolute atomic E-state index is 11.3. The first kappa shape index (κ1) is 14.8. The summed E-state index contributed by atoms with van der Waals surface area (Å²) < 4.78 is 0. The Balaban J connectivity index is 1.88. The van der Waals surface area contributed by atoms with E-state index in [9.17, 15) is 9.90 Å². The molecular weight excluding hydrogens is 252 g/mol. The summed E-state index contributed by atoms with van der Waals surface area (Å²) in [4.78, 5) is 15.4. The quantitative estimate of drug-likeness (QED) is 0.860. The van der Waals surface area contributed by atoms with Gasteiger partial charge in [-0.2, -0.15) is 0 Å². The van der Waals surface area contributed by atoms with Gasteiger partial charge in [0.15, 0.2) is 0 Å². The number of rotatable bonds is 5. The van der Waals surface area contributed by atoms with Gasteiger partial charge >= 0.3 is 5.97 Å². The number of hydrogen-bond donors (Lipinski definition) is 2. The van der Waals surface area contributed by atoms with E-state index in [4.69, 9.17) is 0 Å². The number of hydrogen-bond acceptors (Lipinski definition) is 3. The van der Waals surface area contributed by atoms with Crippen molar-refractivity contribution in [2.45, 2.75) is 46.0 Å². The van der Waals surface area contributed by atoms with Gasteiger partial charge in [-0.3, -0.25) is 0 Å². The van der Waals surface area contributed by atoms with Crippen LogP contribution in [0, 0.1) is 18.8 Å². The third-order valence-electron chi connectivity index (χ3n) is 4.35. The molecule has 20 heavy (non-hydrogen) atoms. The van der Waals surface area contributed by atoms with Gasteiger partial charge in [0.05, 0.1) is 0 Å². The molecule has 110 valence electrons. The number of nitrogens with one attached hydrogen (secondary N) is 1. The van der Waals surface area contributed by atoms with Gasteiger partial charge in [0, 0.05) is 12.7 Å². The Morgan fingerprint density at radius 1 is 1.40 bits per heavy atom. The van der Waals surface area contributed by atoms with Gasteiger partial charge in [-0.25, -0.2) is 9.78 Å². The van der Waals surface area contributed by atoms with Crippen LogP contribution in [0.2, 0.25) is 0 Å². The lowest BCUT2D eigenvalue weighted by molar-refractivity contribution is 0.0697. The average Bonchev–Trinajstić information content (AvgIpc) is 2.40. The molecule has 0 aromatic carbocycles. The first-order valence-corrected chi connectivity index (χ1v) is 7.50. The van der Waals surface area contributed by atoms with Crippen molar-refractivity contribution in [2.75, 3.05) is 11.9 Å². The van der Waals surface area contributed by atoms with Crippen molar-refractivity contribution in [1.82, 2.24) is 4.98 Å². The minimum Gasteiger partial charge on any atom is -0.478 e. The molecule has 4 nitrogen and oxygen atoms in total. The average molecular weight is 276 g/mol. The molecule has 1 heterocycles. The van der Waals surface area contributed by atoms with Gasteiger partial charge in [0.2, 0.25) is 0 Å². The topological polar surface area (TPSA) is 62.2 Å². The van der Waals surface area contributed by atoms with Gasteiger partial charge in [-0.15, -0.1) is 0 Å². The highest BCUT2D eigenvalue weighted by molar-refractivity contribution is 5.94. The lowest BCUT2D eigenvalue weighted by Crippen LogP contribution is -2.17. The molecule has 1 saturated carbocycles. The number of aromatic nitrogens is 1. The first-order valence-electron chi connectivity index (χ1n) is 7.50. The molecule has 0 aliphatic heterocycles. The number of carboxylic acid groups (broad SMARTS) is 1. The molecule has 2 rings (SSSR count). The second kappa shape index (κ2) is 6.73. The Hall–Kier alpha value is -1.58. The largest absolute Gasteiger partial charge is 0.478 e. The van der Waals surface area contributed by atoms with Crippen molar-refractivity contribution in [3.05, 3.63) is 23.4 Å². The van der Waals surface area contributed by atoms with Crippen molar-refractivity contribution in [2.24, 2.45) is 11.8 Å². The number of anilines is 1. The van der Waals surface area contributed by atoms with Crippen LogP contribution in [0.5, 0.6) is 0 Å². The summed E-state index contributed by atoms with van der Waals surface area (Å²) in [6.07, 6.45) is 8.01. The highest BCUT2D eigenvalue weighted by Gasteiger charge is 2.18. The molecular formula is C16H24N2O2. The van der Waals surface area contributed by atoms with Crippen molar-refractivity contribution in [1.29, 1.82) is 0 Å². The second-order valence-corrected chi connectivity index (χ2v) is 6.00. The minimum atomic E-state index is -0.912. The van der Waals surface area contributed by atoms with Crippen LogP contribution in [-0.4, -0.2) is 22.6 Å². The molecule has 0 unspecified atom stereocenters. The lowest BCUT2D eigenvalue weighted by Gasteiger charge is -2.26. The molecule has 0 radical (unpaired) electrons. The van der Waals surface area contributed by atoms with Crippen molar-refractivity contribution in [3.63, 3.8) is 0 Å². The zero-order valence-electron chi connectivity index (χ0n) is 12.4. The van der Waals surface area contributed by atoms with E-state index < -0.39 is 5.97 Å². The smallest absolute Gasteiger partial charge is 0.339 e. The van der Waals surface area contributed by atoms with E-state index in [0.717, 1.165) is 30.4 Å². The Morgan fingerprint density at radius 2 is 2.10 bits per heavy atom. The summed E-state index contributed by atoms with van der Waals surface area (Å²) in [5.74, 6) is 1.24. The van der Waals surface area contributed by atoms with Crippen LogP contribution in [0.3, 0.4) is 0 Å². The molecule has 1 aromatic heterocycles. The van der Waals surface area contributed by atoms with E-state index in [0.29, 0.717) is 11.4 Å². The highest BCUT2D eigenvalue weighted by Crippen LogP contribution is 2.30. The van der Waals surface area contributed by atoms with E-state index in [1.807, 2.05) is 0 Å². The Labute approximate surface area is 120 Å². The van der Waals surface area contributed by atoms with E-state index in [-0.39, 0.29) is 0 Å². The third kappa shape index (κ3) is 3.71. The molecule has 1 aliphatic carbocycles. The zero-order chi connectivity index (χ0) is 14.5. The van der Waals surface area contributed by atoms with Crippen LogP contribution >= 0.6 is 0 Å². The lowest BCUT2D eigenvalue weighted by atomic mass is 9.81. The van der Waals surface area contributed by atoms with Crippen molar-refractivity contribution >= 4 is 11.8 Å². The van der Waals surface area contributed by atoms with Gasteiger partial charge in [0.25, 0.3) is 0 Å². The number of carbonyl (C=O) groups is 1. The Bertz CT molecular complexity index is 466. The van der Waals surface area contributed by atoms with Crippen LogP contribution in [0.1, 0.15) is 54.9 Å². The highest BCUT2D eigenvalue weighted by atomic mass is 16.4. The van der Waals surface area contributed by atoms with Gasteiger partial charge in [-0.1, -0.05) is 32.6 Å². The molecule has 1 aliphatic rings. The summed E-state index contributed by atoms with van der Waals surface area (Å²) in [5, 5.41) is 12.4. The molecule has 1 aromatic rings. The molecule has 1 fully saturated rings. The summed E-state index contributed by atoms with van der Waals surface area (Å²) in [7, 11) is 0. The standard InChI is InChI=1S/C16H24N2O2/c1-11-3-5-13(6-4-11)8-10-18-15-14(16(19)20)12(2)7-9-17-15/h7,9,11,13H,3-6,8,10H2,1-2H3,(H,17,18)(H,19,20). The fourth-order valence-corrected chi connectivity index (χ4v) is 2.97. The summed E-state index contributed by atoms with van der Waals surface area (Å²) in [6.45, 7) is 4.93. The molecule has 0 saturated heterocycles. The Morgan fingerprint density at radius 3 is 2.75 bits per heavy atom. The summed E-state index contributed by atoms with van der Waals surface area (Å²) in [6, 6.07) is 1.73. The van der Waals surface area contributed by atoms with Crippen LogP contribution in [0.4, 0.5) is 5.82 Å². The molecule has 0 amide bonds. The normalized spacial score (nSPS) is 22.5. The number of pyridine rings is 1. The molecule has 2 N–H and O–H groups in total. The SMILES string of the molecule is Cc1ccnc(NCCC2CCC(C)CC2)c1C(=O)O. The van der Waals surface area contributed by atoms with E-state index >= 15 is 0 Å². The van der Waals surface area contributed by atoms with Gasteiger partial charge in [0.1, 0.15) is 11.4 Å². The Kier molecular flexibility index (Phi) is 4.99. The van der Waals surface area contributed by atoms with Crippen molar-refractivity contribution in [3.8, 4) is 0 Å². The molecule has 0 bridgehead atoms. The maximum Gasteiger partial charge on any atom is 0.339 e. The molecule has 0 atom stereocenters. The second-order valence-electron chi connectivity index (χ2n) is 6.00. The summed E-state index contributed by atoms with van der Waals surface area (Å²) in [5.41, 5.74) is 1.05. The van der Waals surface area contributed by atoms with Gasteiger partial charge in [-0.05, 0) is 36.8 Å². The predicted octanol–water partition coefficient (Wildman–Crippen LogP) is 3.72.